The third-order valence-corrected chi connectivity index (χ3v) is 1.30. The SMILES string of the molecule is COC1=NN(OC)N(Cl)C=C1. The van der Waals surface area contributed by atoms with Gasteiger partial charge >= 0.3 is 0 Å². The zero-order valence-electron chi connectivity index (χ0n) is 6.19. The lowest BCUT2D eigenvalue weighted by Crippen LogP contribution is -2.30. The summed E-state index contributed by atoms with van der Waals surface area (Å²) in [6.07, 6.45) is 3.17. The van der Waals surface area contributed by atoms with Crippen molar-refractivity contribution in [2.45, 2.75) is 0 Å². The summed E-state index contributed by atoms with van der Waals surface area (Å²) in [5.41, 5.74) is 0. The molecule has 0 radical (unpaired) electrons. The zero-order chi connectivity index (χ0) is 8.27. The highest BCUT2D eigenvalue weighted by Gasteiger charge is 2.12. The van der Waals surface area contributed by atoms with Crippen LogP contribution < -0.4 is 0 Å². The van der Waals surface area contributed by atoms with Gasteiger partial charge in [-0.2, -0.15) is 4.53 Å². The van der Waals surface area contributed by atoms with Gasteiger partial charge in [-0.1, -0.05) is 5.10 Å². The Bertz CT molecular complexity index is 194. The second kappa shape index (κ2) is 3.45. The Morgan fingerprint density at radius 1 is 1.55 bits per heavy atom. The standard InChI is InChI=1S/C5H8ClN3O2/c1-10-5-3-4-8(6)9(7-5)11-2/h3-4H,1-2H3. The van der Waals surface area contributed by atoms with Gasteiger partial charge in [0.2, 0.25) is 5.90 Å². The average molecular weight is 178 g/mol. The summed E-state index contributed by atoms with van der Waals surface area (Å²) in [6.45, 7) is 0. The molecule has 0 atom stereocenters. The molecule has 0 aliphatic carbocycles. The van der Waals surface area contributed by atoms with Crippen molar-refractivity contribution in [2.75, 3.05) is 14.2 Å². The van der Waals surface area contributed by atoms with Crippen molar-refractivity contribution in [3.63, 3.8) is 0 Å². The van der Waals surface area contributed by atoms with Crippen molar-refractivity contribution in [1.29, 1.82) is 0 Å². The number of ether oxygens (including phenoxy) is 1. The van der Waals surface area contributed by atoms with Gasteiger partial charge in [-0.15, -0.1) is 0 Å². The number of hydrazine groups is 1. The maximum Gasteiger partial charge on any atom is 0.236 e. The fraction of sp³-hybridized carbons (Fsp3) is 0.400. The van der Waals surface area contributed by atoms with Crippen LogP contribution in [0.1, 0.15) is 0 Å². The van der Waals surface area contributed by atoms with Crippen LogP contribution in [0.25, 0.3) is 0 Å². The number of hydrogen-bond acceptors (Lipinski definition) is 5. The van der Waals surface area contributed by atoms with E-state index in [4.69, 9.17) is 21.4 Å². The van der Waals surface area contributed by atoms with Gasteiger partial charge in [-0.25, -0.2) is 4.84 Å². The summed E-state index contributed by atoms with van der Waals surface area (Å²) in [5, 5.41) is 4.90. The van der Waals surface area contributed by atoms with Gasteiger partial charge in [-0.05, 0) is 5.28 Å². The summed E-state index contributed by atoms with van der Waals surface area (Å²) < 4.78 is 5.98. The highest BCUT2D eigenvalue weighted by Crippen LogP contribution is 2.09. The minimum atomic E-state index is 0.434. The second-order valence-corrected chi connectivity index (χ2v) is 2.03. The van der Waals surface area contributed by atoms with Gasteiger partial charge < -0.3 is 4.74 Å². The molecule has 0 aromatic rings. The average Bonchev–Trinajstić information content (AvgIpc) is 2.05. The minimum Gasteiger partial charge on any atom is -0.480 e. The molecule has 11 heavy (non-hydrogen) atoms. The second-order valence-electron chi connectivity index (χ2n) is 1.68. The first kappa shape index (κ1) is 8.16. The molecular formula is C5H8ClN3O2. The fourth-order valence-corrected chi connectivity index (χ4v) is 0.722. The van der Waals surface area contributed by atoms with Crippen molar-refractivity contribution in [3.8, 4) is 0 Å². The van der Waals surface area contributed by atoms with E-state index in [2.05, 4.69) is 5.10 Å². The van der Waals surface area contributed by atoms with Crippen LogP contribution in [0.4, 0.5) is 0 Å². The molecule has 0 spiro atoms. The first-order valence-electron chi connectivity index (χ1n) is 2.88. The molecule has 6 heteroatoms. The largest absolute Gasteiger partial charge is 0.480 e. The molecule has 0 aromatic heterocycles. The van der Waals surface area contributed by atoms with Crippen molar-refractivity contribution in [2.24, 2.45) is 5.10 Å². The maximum absolute atomic E-state index is 5.59. The number of hydrogen-bond donors (Lipinski definition) is 0. The Morgan fingerprint density at radius 3 is 2.82 bits per heavy atom. The van der Waals surface area contributed by atoms with Gasteiger partial charge in [0.05, 0.1) is 14.2 Å². The fourth-order valence-electron chi connectivity index (χ4n) is 0.570. The quantitative estimate of drug-likeness (QED) is 0.553. The molecule has 1 heterocycles. The van der Waals surface area contributed by atoms with E-state index in [1.807, 2.05) is 0 Å². The maximum atomic E-state index is 5.59. The van der Waals surface area contributed by atoms with E-state index in [0.29, 0.717) is 5.90 Å². The van der Waals surface area contributed by atoms with Crippen molar-refractivity contribution >= 4 is 17.7 Å². The Hall–Kier alpha value is -0.940. The number of hydrazone groups is 1. The van der Waals surface area contributed by atoms with Crippen LogP contribution in [0.3, 0.4) is 0 Å². The Labute approximate surface area is 69.5 Å². The van der Waals surface area contributed by atoms with Crippen molar-refractivity contribution < 1.29 is 9.57 Å². The topological polar surface area (TPSA) is 37.3 Å². The molecule has 0 bridgehead atoms. The third kappa shape index (κ3) is 1.75. The minimum absolute atomic E-state index is 0.434. The number of rotatable bonds is 1. The van der Waals surface area contributed by atoms with Crippen molar-refractivity contribution in [1.82, 2.24) is 9.81 Å². The molecule has 0 saturated carbocycles. The highest BCUT2D eigenvalue weighted by atomic mass is 35.5. The summed E-state index contributed by atoms with van der Waals surface area (Å²) in [7, 11) is 2.96. The van der Waals surface area contributed by atoms with E-state index in [0.717, 1.165) is 9.81 Å². The van der Waals surface area contributed by atoms with E-state index < -0.39 is 0 Å². The van der Waals surface area contributed by atoms with Gasteiger partial charge in [0.1, 0.15) is 0 Å². The Morgan fingerprint density at radius 2 is 2.27 bits per heavy atom. The van der Waals surface area contributed by atoms with Crippen LogP contribution in [0.5, 0.6) is 0 Å². The van der Waals surface area contributed by atoms with Crippen molar-refractivity contribution in [3.05, 3.63) is 12.3 Å². The number of halogens is 1. The van der Waals surface area contributed by atoms with Gasteiger partial charge in [-0.3, -0.25) is 0 Å². The van der Waals surface area contributed by atoms with Gasteiger partial charge in [0.25, 0.3) is 0 Å². The van der Waals surface area contributed by atoms with Gasteiger partial charge in [0.15, 0.2) is 0 Å². The number of nitrogens with zero attached hydrogens (tertiary/aromatic N) is 3. The lowest BCUT2D eigenvalue weighted by molar-refractivity contribution is -0.217. The molecular weight excluding hydrogens is 170 g/mol. The first-order chi connectivity index (χ1) is 5.27. The molecule has 0 unspecified atom stereocenters. The summed E-state index contributed by atoms with van der Waals surface area (Å²) in [6, 6.07) is 0. The predicted molar refractivity (Wildman–Crippen MR) is 40.1 cm³/mol. The summed E-state index contributed by atoms with van der Waals surface area (Å²) in [4.78, 5) is 4.74. The molecule has 62 valence electrons. The lowest BCUT2D eigenvalue weighted by Gasteiger charge is -2.24. The number of methoxy groups -OCH3 is 1. The third-order valence-electron chi connectivity index (χ3n) is 1.06. The molecule has 0 amide bonds. The molecule has 0 aromatic carbocycles. The van der Waals surface area contributed by atoms with E-state index >= 15 is 0 Å². The van der Waals surface area contributed by atoms with Crippen LogP contribution in [-0.2, 0) is 9.57 Å². The van der Waals surface area contributed by atoms with E-state index in [-0.39, 0.29) is 0 Å². The van der Waals surface area contributed by atoms with Crippen LogP contribution in [0.15, 0.2) is 17.4 Å². The first-order valence-corrected chi connectivity index (χ1v) is 3.21. The van der Waals surface area contributed by atoms with Gasteiger partial charge in [0, 0.05) is 24.1 Å². The van der Waals surface area contributed by atoms with E-state index in [9.17, 15) is 0 Å². The van der Waals surface area contributed by atoms with Crippen LogP contribution >= 0.6 is 11.8 Å². The molecule has 0 N–H and O–H groups in total. The molecule has 1 rings (SSSR count). The normalized spacial score (nSPS) is 16.8. The molecule has 5 nitrogen and oxygen atoms in total. The van der Waals surface area contributed by atoms with E-state index in [1.54, 1.807) is 12.3 Å². The molecule has 0 fully saturated rings. The summed E-state index contributed by atoms with van der Waals surface area (Å²) >= 11 is 5.59. The monoisotopic (exact) mass is 177 g/mol. The van der Waals surface area contributed by atoms with E-state index in [1.165, 1.54) is 14.2 Å². The smallest absolute Gasteiger partial charge is 0.236 e. The highest BCUT2D eigenvalue weighted by molar-refractivity contribution is 6.14. The molecule has 1 aliphatic heterocycles. The zero-order valence-corrected chi connectivity index (χ0v) is 6.95. The molecule has 0 saturated heterocycles. The van der Waals surface area contributed by atoms with Crippen LogP contribution in [0.2, 0.25) is 0 Å². The van der Waals surface area contributed by atoms with Crippen LogP contribution in [-0.4, -0.2) is 29.9 Å². The van der Waals surface area contributed by atoms with Crippen LogP contribution in [0, 0.1) is 0 Å². The summed E-state index contributed by atoms with van der Waals surface area (Å²) in [5.74, 6) is 0.434. The Balaban J connectivity index is 2.67. The predicted octanol–water partition coefficient (Wildman–Crippen LogP) is 0.708. The lowest BCUT2D eigenvalue weighted by atomic mass is 10.6. The molecule has 1 aliphatic rings. The Kier molecular flexibility index (Phi) is 2.56.